The van der Waals surface area contributed by atoms with Crippen LogP contribution in [0.4, 0.5) is 13.2 Å². The molecule has 0 aromatic carbocycles. The molecule has 0 aliphatic rings. The Morgan fingerprint density at radius 1 is 1.35 bits per heavy atom. The lowest BCUT2D eigenvalue weighted by molar-refractivity contribution is -0.137. The Morgan fingerprint density at radius 2 is 2.00 bits per heavy atom. The van der Waals surface area contributed by atoms with Crippen molar-refractivity contribution < 1.29 is 18.3 Å². The molecule has 0 saturated carbocycles. The van der Waals surface area contributed by atoms with E-state index in [-0.39, 0.29) is 12.8 Å². The molecule has 0 spiro atoms. The summed E-state index contributed by atoms with van der Waals surface area (Å²) in [6.45, 7) is 3.40. The van der Waals surface area contributed by atoms with Crippen molar-refractivity contribution in [2.24, 2.45) is 0 Å². The third kappa shape index (κ3) is 6.02. The molecule has 0 bridgehead atoms. The molecule has 1 rings (SSSR count). The van der Waals surface area contributed by atoms with Gasteiger partial charge >= 0.3 is 6.18 Å². The lowest BCUT2D eigenvalue weighted by Crippen LogP contribution is -2.27. The fraction of sp³-hybridized carbons (Fsp3) is 0.727. The van der Waals surface area contributed by atoms with Gasteiger partial charge in [0.1, 0.15) is 0 Å². The maximum absolute atomic E-state index is 12.0. The van der Waals surface area contributed by atoms with Crippen LogP contribution in [0, 0.1) is 6.92 Å². The molecule has 1 aromatic rings. The first-order valence-corrected chi connectivity index (χ1v) is 6.26. The molecule has 1 atom stereocenters. The second kappa shape index (κ2) is 5.35. The van der Waals surface area contributed by atoms with Crippen LogP contribution in [0.2, 0.25) is 0 Å². The number of hydrogen-bond donors (Lipinski definition) is 1. The van der Waals surface area contributed by atoms with Crippen LogP contribution in [0.15, 0.2) is 5.38 Å². The lowest BCUT2D eigenvalue weighted by atomic mass is 9.95. The van der Waals surface area contributed by atoms with E-state index in [0.29, 0.717) is 6.42 Å². The van der Waals surface area contributed by atoms with E-state index in [1.807, 2.05) is 12.3 Å². The number of rotatable bonds is 5. The first-order chi connectivity index (χ1) is 7.68. The maximum atomic E-state index is 12.0. The van der Waals surface area contributed by atoms with E-state index in [4.69, 9.17) is 0 Å². The van der Waals surface area contributed by atoms with Crippen molar-refractivity contribution in [3.8, 4) is 0 Å². The van der Waals surface area contributed by atoms with Crippen molar-refractivity contribution in [1.29, 1.82) is 0 Å². The summed E-state index contributed by atoms with van der Waals surface area (Å²) >= 11 is 1.42. The number of hydrogen-bond acceptors (Lipinski definition) is 3. The van der Waals surface area contributed by atoms with E-state index in [1.165, 1.54) is 11.3 Å². The SMILES string of the molecule is Cc1csc(CC(C)(O)CCCC(F)(F)F)n1. The van der Waals surface area contributed by atoms with Gasteiger partial charge in [-0.15, -0.1) is 11.3 Å². The van der Waals surface area contributed by atoms with Crippen molar-refractivity contribution in [3.05, 3.63) is 16.1 Å². The molecular weight excluding hydrogens is 251 g/mol. The Kier molecular flexibility index (Phi) is 4.55. The molecule has 0 aliphatic heterocycles. The minimum absolute atomic E-state index is 0.0547. The van der Waals surface area contributed by atoms with Crippen LogP contribution >= 0.6 is 11.3 Å². The molecule has 0 amide bonds. The number of aromatic nitrogens is 1. The van der Waals surface area contributed by atoms with Crippen LogP contribution in [0.3, 0.4) is 0 Å². The number of aliphatic hydroxyl groups is 1. The average molecular weight is 267 g/mol. The number of halogens is 3. The number of thiazole rings is 1. The largest absolute Gasteiger partial charge is 0.390 e. The van der Waals surface area contributed by atoms with Crippen LogP contribution < -0.4 is 0 Å². The third-order valence-electron chi connectivity index (χ3n) is 2.37. The van der Waals surface area contributed by atoms with Crippen molar-refractivity contribution in [3.63, 3.8) is 0 Å². The van der Waals surface area contributed by atoms with Crippen LogP contribution in [-0.4, -0.2) is 21.9 Å². The van der Waals surface area contributed by atoms with Crippen molar-refractivity contribution in [2.45, 2.75) is 51.3 Å². The molecule has 2 nitrogen and oxygen atoms in total. The Labute approximate surface area is 103 Å². The van der Waals surface area contributed by atoms with E-state index in [9.17, 15) is 18.3 Å². The van der Waals surface area contributed by atoms with Crippen LogP contribution in [0.5, 0.6) is 0 Å². The molecule has 0 aliphatic carbocycles. The van der Waals surface area contributed by atoms with Crippen molar-refractivity contribution in [1.82, 2.24) is 4.98 Å². The molecule has 0 radical (unpaired) electrons. The van der Waals surface area contributed by atoms with Gasteiger partial charge in [-0.25, -0.2) is 4.98 Å². The third-order valence-corrected chi connectivity index (χ3v) is 3.34. The number of aryl methyl sites for hydroxylation is 1. The molecule has 98 valence electrons. The molecular formula is C11H16F3NOS. The van der Waals surface area contributed by atoms with Gasteiger partial charge in [-0.2, -0.15) is 13.2 Å². The Balaban J connectivity index is 2.41. The van der Waals surface area contributed by atoms with E-state index in [1.54, 1.807) is 6.92 Å². The predicted octanol–water partition coefficient (Wildman–Crippen LogP) is 3.48. The Morgan fingerprint density at radius 3 is 2.47 bits per heavy atom. The quantitative estimate of drug-likeness (QED) is 0.886. The van der Waals surface area contributed by atoms with E-state index in [2.05, 4.69) is 4.98 Å². The summed E-state index contributed by atoms with van der Waals surface area (Å²) in [5.74, 6) is 0. The van der Waals surface area contributed by atoms with Crippen molar-refractivity contribution in [2.75, 3.05) is 0 Å². The lowest BCUT2D eigenvalue weighted by Gasteiger charge is -2.22. The standard InChI is InChI=1S/C11H16F3NOS/c1-8-7-17-9(15-8)6-10(2,16)4-3-5-11(12,13)14/h7,16H,3-6H2,1-2H3. The minimum Gasteiger partial charge on any atom is -0.390 e. The number of nitrogens with zero attached hydrogens (tertiary/aromatic N) is 1. The summed E-state index contributed by atoms with van der Waals surface area (Å²) in [6.07, 6.45) is -4.61. The fourth-order valence-corrected chi connectivity index (χ4v) is 2.52. The highest BCUT2D eigenvalue weighted by molar-refractivity contribution is 7.09. The van der Waals surface area contributed by atoms with Gasteiger partial charge in [0.25, 0.3) is 0 Å². The smallest absolute Gasteiger partial charge is 0.389 e. The van der Waals surface area contributed by atoms with Gasteiger partial charge in [-0.05, 0) is 26.7 Å². The topological polar surface area (TPSA) is 33.1 Å². The van der Waals surface area contributed by atoms with Gasteiger partial charge in [-0.3, -0.25) is 0 Å². The highest BCUT2D eigenvalue weighted by Crippen LogP contribution is 2.27. The molecule has 17 heavy (non-hydrogen) atoms. The summed E-state index contributed by atoms with van der Waals surface area (Å²) in [4.78, 5) is 4.19. The molecule has 1 unspecified atom stereocenters. The predicted molar refractivity (Wildman–Crippen MR) is 61.1 cm³/mol. The molecule has 0 saturated heterocycles. The van der Waals surface area contributed by atoms with E-state index in [0.717, 1.165) is 10.7 Å². The fourth-order valence-electron chi connectivity index (χ4n) is 1.57. The summed E-state index contributed by atoms with van der Waals surface area (Å²) in [6, 6.07) is 0. The summed E-state index contributed by atoms with van der Waals surface area (Å²) in [5, 5.41) is 12.6. The Bertz CT molecular complexity index is 360. The van der Waals surface area contributed by atoms with Gasteiger partial charge in [0.15, 0.2) is 0 Å². The van der Waals surface area contributed by atoms with Gasteiger partial charge < -0.3 is 5.11 Å². The Hall–Kier alpha value is -0.620. The second-order valence-electron chi connectivity index (χ2n) is 4.53. The maximum Gasteiger partial charge on any atom is 0.389 e. The van der Waals surface area contributed by atoms with E-state index >= 15 is 0 Å². The molecule has 1 heterocycles. The zero-order chi connectivity index (χ0) is 13.1. The highest BCUT2D eigenvalue weighted by Gasteiger charge is 2.29. The monoisotopic (exact) mass is 267 g/mol. The molecule has 1 aromatic heterocycles. The highest BCUT2D eigenvalue weighted by atomic mass is 32.1. The van der Waals surface area contributed by atoms with Crippen LogP contribution in [0.1, 0.15) is 36.9 Å². The molecule has 0 fully saturated rings. The van der Waals surface area contributed by atoms with Gasteiger partial charge in [0, 0.05) is 23.9 Å². The first kappa shape index (κ1) is 14.4. The van der Waals surface area contributed by atoms with E-state index < -0.39 is 18.2 Å². The van der Waals surface area contributed by atoms with Gasteiger partial charge in [-0.1, -0.05) is 0 Å². The average Bonchev–Trinajstić information content (AvgIpc) is 2.47. The number of alkyl halides is 3. The normalized spacial score (nSPS) is 15.9. The second-order valence-corrected chi connectivity index (χ2v) is 5.47. The van der Waals surface area contributed by atoms with Gasteiger partial charge in [0.2, 0.25) is 0 Å². The van der Waals surface area contributed by atoms with Crippen LogP contribution in [-0.2, 0) is 6.42 Å². The zero-order valence-electron chi connectivity index (χ0n) is 9.84. The zero-order valence-corrected chi connectivity index (χ0v) is 10.7. The molecule has 1 N–H and O–H groups in total. The first-order valence-electron chi connectivity index (χ1n) is 5.38. The minimum atomic E-state index is -4.14. The van der Waals surface area contributed by atoms with Crippen molar-refractivity contribution >= 4 is 11.3 Å². The molecule has 6 heteroatoms. The summed E-state index contributed by atoms with van der Waals surface area (Å²) in [7, 11) is 0. The van der Waals surface area contributed by atoms with Gasteiger partial charge in [0.05, 0.1) is 10.6 Å². The summed E-state index contributed by atoms with van der Waals surface area (Å²) < 4.78 is 35.9. The summed E-state index contributed by atoms with van der Waals surface area (Å²) in [5.41, 5.74) is -0.244. The van der Waals surface area contributed by atoms with Crippen LogP contribution in [0.25, 0.3) is 0 Å².